The highest BCUT2D eigenvalue weighted by Crippen LogP contribution is 2.23. The van der Waals surface area contributed by atoms with Crippen LogP contribution in [0.3, 0.4) is 0 Å². The van der Waals surface area contributed by atoms with Crippen LogP contribution in [0.25, 0.3) is 0 Å². The van der Waals surface area contributed by atoms with Crippen LogP contribution in [0.5, 0.6) is 0 Å². The van der Waals surface area contributed by atoms with Gasteiger partial charge in [0, 0.05) is 12.8 Å². The Hall–Kier alpha value is -0.530. The summed E-state index contributed by atoms with van der Waals surface area (Å²) in [7, 11) is 0. The van der Waals surface area contributed by atoms with Gasteiger partial charge in [-0.25, -0.2) is 0 Å². The van der Waals surface area contributed by atoms with Crippen LogP contribution in [0, 0.1) is 5.92 Å². The quantitative estimate of drug-likeness (QED) is 0.718. The van der Waals surface area contributed by atoms with E-state index in [9.17, 15) is 4.79 Å². The largest absolute Gasteiger partial charge is 0.299 e. The fourth-order valence-corrected chi connectivity index (χ4v) is 1.99. The summed E-state index contributed by atoms with van der Waals surface area (Å²) in [5.74, 6) is 0.928. The van der Waals surface area contributed by atoms with Gasteiger partial charge in [-0.15, -0.1) is 0 Å². The third-order valence-electron chi connectivity index (χ3n) is 2.62. The van der Waals surface area contributed by atoms with Crippen molar-refractivity contribution in [2.75, 3.05) is 0 Å². The average molecular weight is 273 g/mol. The summed E-state index contributed by atoms with van der Waals surface area (Å²) < 4.78 is 0. The van der Waals surface area contributed by atoms with Gasteiger partial charge >= 0.3 is 0 Å². The average Bonchev–Trinajstić information content (AvgIpc) is 2.23. The molecule has 0 aliphatic carbocycles. The van der Waals surface area contributed by atoms with Crippen LogP contribution in [-0.2, 0) is 11.2 Å². The van der Waals surface area contributed by atoms with Crippen LogP contribution in [0.1, 0.15) is 38.7 Å². The lowest BCUT2D eigenvalue weighted by Crippen LogP contribution is -2.03. The Labute approximate surface area is 113 Å². The van der Waals surface area contributed by atoms with E-state index in [0.29, 0.717) is 28.8 Å². The highest BCUT2D eigenvalue weighted by atomic mass is 35.5. The van der Waals surface area contributed by atoms with Gasteiger partial charge in [0.1, 0.15) is 5.78 Å². The fraction of sp³-hybridized carbons (Fsp3) is 0.500. The number of rotatable bonds is 6. The van der Waals surface area contributed by atoms with Crippen LogP contribution >= 0.6 is 23.2 Å². The Kier molecular flexibility index (Phi) is 6.01. The second-order valence-electron chi connectivity index (χ2n) is 4.75. The van der Waals surface area contributed by atoms with Crippen LogP contribution < -0.4 is 0 Å². The lowest BCUT2D eigenvalue weighted by atomic mass is 10.0. The molecule has 0 aliphatic heterocycles. The van der Waals surface area contributed by atoms with E-state index in [-0.39, 0.29) is 5.78 Å². The Morgan fingerprint density at radius 2 is 1.94 bits per heavy atom. The molecule has 0 heterocycles. The van der Waals surface area contributed by atoms with Crippen molar-refractivity contribution >= 4 is 29.0 Å². The Bertz CT molecular complexity index is 386. The van der Waals surface area contributed by atoms with Gasteiger partial charge in [0.25, 0.3) is 0 Å². The second-order valence-corrected chi connectivity index (χ2v) is 5.56. The van der Waals surface area contributed by atoms with Gasteiger partial charge in [-0.3, -0.25) is 4.79 Å². The molecular weight excluding hydrogens is 255 g/mol. The number of halogens is 2. The Morgan fingerprint density at radius 1 is 1.24 bits per heavy atom. The van der Waals surface area contributed by atoms with Crippen molar-refractivity contribution in [3.8, 4) is 0 Å². The molecule has 94 valence electrons. The molecule has 1 aromatic carbocycles. The molecular formula is C14H18Cl2O. The molecule has 0 saturated carbocycles. The second kappa shape index (κ2) is 7.03. The number of benzene rings is 1. The molecule has 1 rings (SSSR count). The SMILES string of the molecule is CC(C)CCCC(=O)Cc1ccc(Cl)c(Cl)c1. The van der Waals surface area contributed by atoms with Gasteiger partial charge in [0.2, 0.25) is 0 Å². The minimum Gasteiger partial charge on any atom is -0.299 e. The third kappa shape index (κ3) is 5.56. The highest BCUT2D eigenvalue weighted by Gasteiger charge is 2.06. The van der Waals surface area contributed by atoms with Gasteiger partial charge in [0.15, 0.2) is 0 Å². The van der Waals surface area contributed by atoms with Crippen molar-refractivity contribution in [1.82, 2.24) is 0 Å². The van der Waals surface area contributed by atoms with E-state index in [1.165, 1.54) is 0 Å². The number of Topliss-reactive ketones (excluding diaryl/α,β-unsaturated/α-hetero) is 1. The normalized spacial score (nSPS) is 10.9. The van der Waals surface area contributed by atoms with E-state index < -0.39 is 0 Å². The third-order valence-corrected chi connectivity index (χ3v) is 3.36. The molecule has 0 unspecified atom stereocenters. The lowest BCUT2D eigenvalue weighted by Gasteiger charge is -2.05. The molecule has 0 radical (unpaired) electrons. The van der Waals surface area contributed by atoms with Gasteiger partial charge < -0.3 is 0 Å². The van der Waals surface area contributed by atoms with Crippen LogP contribution in [0.2, 0.25) is 10.0 Å². The van der Waals surface area contributed by atoms with Gasteiger partial charge in [0.05, 0.1) is 10.0 Å². The molecule has 0 atom stereocenters. The van der Waals surface area contributed by atoms with E-state index in [1.807, 2.05) is 6.07 Å². The summed E-state index contributed by atoms with van der Waals surface area (Å²) in [6.45, 7) is 4.34. The van der Waals surface area contributed by atoms with Crippen molar-refractivity contribution in [1.29, 1.82) is 0 Å². The van der Waals surface area contributed by atoms with Crippen molar-refractivity contribution in [3.05, 3.63) is 33.8 Å². The molecule has 1 nitrogen and oxygen atoms in total. The molecule has 1 aromatic rings. The maximum absolute atomic E-state index is 11.7. The maximum Gasteiger partial charge on any atom is 0.137 e. The van der Waals surface area contributed by atoms with Crippen molar-refractivity contribution < 1.29 is 4.79 Å². The molecule has 0 amide bonds. The first kappa shape index (κ1) is 14.5. The minimum absolute atomic E-state index is 0.268. The number of ketones is 1. The molecule has 0 aromatic heterocycles. The van der Waals surface area contributed by atoms with E-state index in [4.69, 9.17) is 23.2 Å². The first-order valence-corrected chi connectivity index (χ1v) is 6.70. The van der Waals surface area contributed by atoms with Gasteiger partial charge in [-0.1, -0.05) is 49.5 Å². The molecule has 0 N–H and O–H groups in total. The molecule has 3 heteroatoms. The van der Waals surface area contributed by atoms with Crippen LogP contribution in [-0.4, -0.2) is 5.78 Å². The summed E-state index contributed by atoms with van der Waals surface area (Å²) >= 11 is 11.7. The number of hydrogen-bond acceptors (Lipinski definition) is 1. The number of carbonyl (C=O) groups is 1. The van der Waals surface area contributed by atoms with E-state index in [2.05, 4.69) is 13.8 Å². The van der Waals surface area contributed by atoms with E-state index in [0.717, 1.165) is 18.4 Å². The lowest BCUT2D eigenvalue weighted by molar-refractivity contribution is -0.118. The monoisotopic (exact) mass is 272 g/mol. The van der Waals surface area contributed by atoms with Crippen molar-refractivity contribution in [2.45, 2.75) is 39.5 Å². The summed E-state index contributed by atoms with van der Waals surface area (Å²) in [6, 6.07) is 5.36. The van der Waals surface area contributed by atoms with Crippen molar-refractivity contribution in [2.24, 2.45) is 5.92 Å². The smallest absolute Gasteiger partial charge is 0.137 e. The standard InChI is InChI=1S/C14H18Cl2O/c1-10(2)4-3-5-12(17)8-11-6-7-13(15)14(16)9-11/h6-7,9-10H,3-5,8H2,1-2H3. The minimum atomic E-state index is 0.268. The number of hydrogen-bond donors (Lipinski definition) is 0. The molecule has 0 aliphatic rings. The zero-order valence-electron chi connectivity index (χ0n) is 10.3. The predicted molar refractivity (Wildman–Crippen MR) is 73.9 cm³/mol. The molecule has 17 heavy (non-hydrogen) atoms. The summed E-state index contributed by atoms with van der Waals surface area (Å²) in [5.41, 5.74) is 0.939. The first-order valence-electron chi connectivity index (χ1n) is 5.94. The Balaban J connectivity index is 2.42. The highest BCUT2D eigenvalue weighted by molar-refractivity contribution is 6.42. The van der Waals surface area contributed by atoms with Gasteiger partial charge in [-0.05, 0) is 30.0 Å². The molecule has 0 saturated heterocycles. The predicted octanol–water partition coefficient (Wildman–Crippen LogP) is 4.93. The van der Waals surface area contributed by atoms with Crippen molar-refractivity contribution in [3.63, 3.8) is 0 Å². The van der Waals surface area contributed by atoms with Crippen LogP contribution in [0.15, 0.2) is 18.2 Å². The molecule has 0 spiro atoms. The Morgan fingerprint density at radius 3 is 2.53 bits per heavy atom. The zero-order chi connectivity index (χ0) is 12.8. The molecule has 0 fully saturated rings. The van der Waals surface area contributed by atoms with Crippen LogP contribution in [0.4, 0.5) is 0 Å². The molecule has 0 bridgehead atoms. The van der Waals surface area contributed by atoms with E-state index >= 15 is 0 Å². The summed E-state index contributed by atoms with van der Waals surface area (Å²) in [6.07, 6.45) is 3.18. The maximum atomic E-state index is 11.7. The van der Waals surface area contributed by atoms with E-state index in [1.54, 1.807) is 12.1 Å². The topological polar surface area (TPSA) is 17.1 Å². The van der Waals surface area contributed by atoms with Gasteiger partial charge in [-0.2, -0.15) is 0 Å². The first-order chi connectivity index (χ1) is 7.99. The zero-order valence-corrected chi connectivity index (χ0v) is 11.8. The number of carbonyl (C=O) groups excluding carboxylic acids is 1. The fourth-order valence-electron chi connectivity index (χ4n) is 1.67. The summed E-state index contributed by atoms with van der Waals surface area (Å²) in [4.78, 5) is 11.7. The summed E-state index contributed by atoms with van der Waals surface area (Å²) in [5, 5.41) is 1.04.